The number of carbonyl (C=O) groups is 1. The summed E-state index contributed by atoms with van der Waals surface area (Å²) in [6.45, 7) is 5.53. The molecule has 1 amide bonds. The van der Waals surface area contributed by atoms with Crippen LogP contribution >= 0.6 is 0 Å². The molecule has 3 atom stereocenters. The maximum atomic E-state index is 13.4. The number of hydrogen-bond acceptors (Lipinski definition) is 6. The van der Waals surface area contributed by atoms with Gasteiger partial charge >= 0.3 is 0 Å². The number of amides is 1. The van der Waals surface area contributed by atoms with Crippen LogP contribution in [-0.4, -0.2) is 81.2 Å². The highest BCUT2D eigenvalue weighted by atomic mass is 32.2. The number of hydrogen-bond donors (Lipinski definition) is 1. The smallest absolute Gasteiger partial charge is 0.248 e. The van der Waals surface area contributed by atoms with Crippen LogP contribution in [0.15, 0.2) is 29.2 Å². The Bertz CT molecular complexity index is 870. The molecule has 0 aromatic heterocycles. The predicted octanol–water partition coefficient (Wildman–Crippen LogP) is 1.59. The molecule has 168 valence electrons. The van der Waals surface area contributed by atoms with E-state index in [1.165, 1.54) is 22.4 Å². The van der Waals surface area contributed by atoms with Crippen molar-refractivity contribution in [3.8, 4) is 5.75 Å². The Hall–Kier alpha value is -1.94. The zero-order valence-electron chi connectivity index (χ0n) is 18.2. The lowest BCUT2D eigenvalue weighted by Crippen LogP contribution is -2.50. The molecular formula is C21H32N2O6S. The number of nitrogens with zero attached hydrogens (tertiary/aromatic N) is 2. The van der Waals surface area contributed by atoms with Crippen molar-refractivity contribution in [3.05, 3.63) is 29.8 Å². The van der Waals surface area contributed by atoms with Gasteiger partial charge in [-0.1, -0.05) is 25.1 Å². The molecule has 1 aromatic carbocycles. The monoisotopic (exact) mass is 440 g/mol. The number of fused-ring (bicyclic) bond motifs is 1. The molecule has 9 heteroatoms. The minimum Gasteiger partial charge on any atom is -0.487 e. The predicted molar refractivity (Wildman–Crippen MR) is 115 cm³/mol. The van der Waals surface area contributed by atoms with Gasteiger partial charge in [0.05, 0.1) is 13.2 Å². The zero-order valence-corrected chi connectivity index (χ0v) is 19.1. The van der Waals surface area contributed by atoms with Crippen LogP contribution in [0.4, 0.5) is 0 Å². The standard InChI is InChI=1S/C21H32N2O6S/c1-6-7-17-8-9-20-18(10-17)29-19(12-22(4)21(25)14-28-5)15(2)11-23(16(3)13-24)30(20,26)27/h6-10,15-16,19,24H,11-14H2,1-5H3/b7-6+/t15-,16+,19-/m0/s1. The van der Waals surface area contributed by atoms with E-state index in [-0.39, 0.29) is 48.8 Å². The zero-order chi connectivity index (χ0) is 22.5. The van der Waals surface area contributed by atoms with Crippen LogP contribution in [0.25, 0.3) is 6.08 Å². The lowest BCUT2D eigenvalue weighted by molar-refractivity contribution is -0.135. The fraction of sp³-hybridized carbons (Fsp3) is 0.571. The van der Waals surface area contributed by atoms with Gasteiger partial charge in [-0.2, -0.15) is 4.31 Å². The fourth-order valence-electron chi connectivity index (χ4n) is 3.36. The first kappa shape index (κ1) is 24.3. The van der Waals surface area contributed by atoms with Crippen LogP contribution in [0, 0.1) is 5.92 Å². The quantitative estimate of drug-likeness (QED) is 0.692. The molecule has 0 fully saturated rings. The molecule has 30 heavy (non-hydrogen) atoms. The molecular weight excluding hydrogens is 408 g/mol. The average Bonchev–Trinajstić information content (AvgIpc) is 2.70. The Morgan fingerprint density at radius 1 is 1.47 bits per heavy atom. The maximum Gasteiger partial charge on any atom is 0.248 e. The van der Waals surface area contributed by atoms with Gasteiger partial charge < -0.3 is 19.5 Å². The van der Waals surface area contributed by atoms with Crippen molar-refractivity contribution >= 4 is 22.0 Å². The van der Waals surface area contributed by atoms with Gasteiger partial charge in [-0.15, -0.1) is 0 Å². The van der Waals surface area contributed by atoms with E-state index in [1.54, 1.807) is 26.1 Å². The highest BCUT2D eigenvalue weighted by Gasteiger charge is 2.38. The largest absolute Gasteiger partial charge is 0.487 e. The molecule has 0 saturated heterocycles. The summed E-state index contributed by atoms with van der Waals surface area (Å²) in [4.78, 5) is 13.8. The topological polar surface area (TPSA) is 96.4 Å². The molecule has 2 rings (SSSR count). The molecule has 1 aromatic rings. The van der Waals surface area contributed by atoms with Crippen LogP contribution in [0.5, 0.6) is 5.75 Å². The Kier molecular flexibility index (Phi) is 8.42. The van der Waals surface area contributed by atoms with E-state index in [9.17, 15) is 18.3 Å². The molecule has 8 nitrogen and oxygen atoms in total. The number of sulfonamides is 1. The normalized spacial score (nSPS) is 22.6. The van der Waals surface area contributed by atoms with E-state index >= 15 is 0 Å². The van der Waals surface area contributed by atoms with Crippen molar-refractivity contribution in [2.45, 2.75) is 37.8 Å². The van der Waals surface area contributed by atoms with Crippen molar-refractivity contribution in [2.24, 2.45) is 5.92 Å². The van der Waals surface area contributed by atoms with E-state index in [0.717, 1.165) is 5.56 Å². The Morgan fingerprint density at radius 3 is 2.77 bits per heavy atom. The molecule has 0 radical (unpaired) electrons. The Morgan fingerprint density at radius 2 is 2.17 bits per heavy atom. The molecule has 0 aliphatic carbocycles. The fourth-order valence-corrected chi connectivity index (χ4v) is 5.19. The van der Waals surface area contributed by atoms with E-state index in [1.807, 2.05) is 26.0 Å². The summed E-state index contributed by atoms with van der Waals surface area (Å²) in [5, 5.41) is 9.66. The summed E-state index contributed by atoms with van der Waals surface area (Å²) in [5.74, 6) is -0.179. The van der Waals surface area contributed by atoms with Crippen LogP contribution in [-0.2, 0) is 19.6 Å². The van der Waals surface area contributed by atoms with Gasteiger partial charge in [-0.05, 0) is 31.5 Å². The summed E-state index contributed by atoms with van der Waals surface area (Å²) in [5.41, 5.74) is 0.809. The number of ether oxygens (including phenoxy) is 2. The summed E-state index contributed by atoms with van der Waals surface area (Å²) in [7, 11) is -0.750. The molecule has 1 aliphatic rings. The molecule has 1 heterocycles. The minimum absolute atomic E-state index is 0.0400. The third-order valence-corrected chi connectivity index (χ3v) is 7.22. The Balaban J connectivity index is 2.52. The molecule has 0 bridgehead atoms. The number of likely N-dealkylation sites (N-methyl/N-ethyl adjacent to an activating group) is 1. The first-order valence-electron chi connectivity index (χ1n) is 9.94. The van der Waals surface area contributed by atoms with E-state index in [0.29, 0.717) is 0 Å². The molecule has 0 unspecified atom stereocenters. The lowest BCUT2D eigenvalue weighted by atomic mass is 10.0. The van der Waals surface area contributed by atoms with Gasteiger partial charge in [0.15, 0.2) is 0 Å². The number of allylic oxidation sites excluding steroid dienone is 1. The average molecular weight is 441 g/mol. The van der Waals surface area contributed by atoms with Crippen LogP contribution in [0.3, 0.4) is 0 Å². The van der Waals surface area contributed by atoms with Gasteiger partial charge in [0, 0.05) is 32.7 Å². The first-order chi connectivity index (χ1) is 14.1. The second-order valence-electron chi connectivity index (χ2n) is 7.65. The van der Waals surface area contributed by atoms with Crippen molar-refractivity contribution in [2.75, 3.05) is 40.5 Å². The lowest BCUT2D eigenvalue weighted by Gasteiger charge is -2.37. The number of methoxy groups -OCH3 is 1. The maximum absolute atomic E-state index is 13.4. The second-order valence-corrected chi connectivity index (χ2v) is 9.51. The number of rotatable bonds is 7. The van der Waals surface area contributed by atoms with Crippen molar-refractivity contribution in [3.63, 3.8) is 0 Å². The van der Waals surface area contributed by atoms with Crippen LogP contribution < -0.4 is 4.74 Å². The van der Waals surface area contributed by atoms with Crippen LogP contribution in [0.1, 0.15) is 26.3 Å². The number of carbonyl (C=O) groups excluding carboxylic acids is 1. The van der Waals surface area contributed by atoms with Gasteiger partial charge in [0.25, 0.3) is 0 Å². The molecule has 0 spiro atoms. The highest BCUT2D eigenvalue weighted by molar-refractivity contribution is 7.89. The molecule has 1 N–H and O–H groups in total. The number of aliphatic hydroxyl groups excluding tert-OH is 1. The van der Waals surface area contributed by atoms with E-state index in [4.69, 9.17) is 9.47 Å². The molecule has 1 aliphatic heterocycles. The van der Waals surface area contributed by atoms with Gasteiger partial charge in [0.2, 0.25) is 15.9 Å². The van der Waals surface area contributed by atoms with Crippen molar-refractivity contribution < 1.29 is 27.8 Å². The van der Waals surface area contributed by atoms with Crippen LogP contribution in [0.2, 0.25) is 0 Å². The summed E-state index contributed by atoms with van der Waals surface area (Å²) >= 11 is 0. The number of aliphatic hydroxyl groups is 1. The molecule has 0 saturated carbocycles. The second kappa shape index (κ2) is 10.4. The van der Waals surface area contributed by atoms with Crippen molar-refractivity contribution in [1.82, 2.24) is 9.21 Å². The SMILES string of the molecule is C/C=C/c1ccc2c(c1)O[C@@H](CN(C)C(=O)COC)[C@@H](C)CN([C@H](C)CO)S2(=O)=O. The third kappa shape index (κ3) is 5.40. The first-order valence-corrected chi connectivity index (χ1v) is 11.4. The third-order valence-electron chi connectivity index (χ3n) is 5.20. The van der Waals surface area contributed by atoms with Gasteiger partial charge in [0.1, 0.15) is 23.4 Å². The van der Waals surface area contributed by atoms with Gasteiger partial charge in [-0.3, -0.25) is 4.79 Å². The number of benzene rings is 1. The van der Waals surface area contributed by atoms with E-state index in [2.05, 4.69) is 0 Å². The van der Waals surface area contributed by atoms with E-state index < -0.39 is 22.2 Å². The van der Waals surface area contributed by atoms with Crippen molar-refractivity contribution in [1.29, 1.82) is 0 Å². The summed E-state index contributed by atoms with van der Waals surface area (Å²) in [6.07, 6.45) is 3.27. The van der Waals surface area contributed by atoms with Gasteiger partial charge in [-0.25, -0.2) is 8.42 Å². The summed E-state index contributed by atoms with van der Waals surface area (Å²) < 4.78 is 39.1. The summed E-state index contributed by atoms with van der Waals surface area (Å²) in [6, 6.07) is 4.35. The highest BCUT2D eigenvalue weighted by Crippen LogP contribution is 2.34. The Labute approximate surface area is 179 Å². The minimum atomic E-state index is -3.87.